The molecule has 0 saturated carbocycles. The van der Waals surface area contributed by atoms with Crippen LogP contribution in [0.3, 0.4) is 0 Å². The highest BCUT2D eigenvalue weighted by molar-refractivity contribution is 5.92. The molecule has 0 radical (unpaired) electrons. The van der Waals surface area contributed by atoms with Crippen molar-refractivity contribution in [2.24, 2.45) is 0 Å². The Morgan fingerprint density at radius 1 is 0.917 bits per heavy atom. The summed E-state index contributed by atoms with van der Waals surface area (Å²) in [4.78, 5) is 21.9. The Labute approximate surface area is 145 Å². The fourth-order valence-electron chi connectivity index (χ4n) is 2.40. The number of unbranched alkanes of at least 4 members (excludes halogenated alkanes) is 7. The second-order valence-electron chi connectivity index (χ2n) is 5.73. The average molecular weight is 338 g/mol. The molecule has 0 aliphatic carbocycles. The van der Waals surface area contributed by atoms with Crippen molar-refractivity contribution in [2.45, 2.75) is 58.3 Å². The summed E-state index contributed by atoms with van der Waals surface area (Å²) in [5.41, 5.74) is 0.314. The summed E-state index contributed by atoms with van der Waals surface area (Å²) in [5, 5.41) is 0. The molecule has 0 fully saturated rings. The largest absolute Gasteiger partial charge is 0.497 e. The van der Waals surface area contributed by atoms with Crippen molar-refractivity contribution in [1.82, 2.24) is 0 Å². The van der Waals surface area contributed by atoms with Crippen LogP contribution in [0, 0.1) is 0 Å². The molecule has 0 saturated heterocycles. The van der Waals surface area contributed by atoms with Gasteiger partial charge in [0, 0.05) is 6.07 Å². The third-order valence-corrected chi connectivity index (χ3v) is 3.84. The summed E-state index contributed by atoms with van der Waals surface area (Å²) >= 11 is 0. The first-order valence-electron chi connectivity index (χ1n) is 8.78. The predicted molar refractivity (Wildman–Crippen MR) is 93.5 cm³/mol. The van der Waals surface area contributed by atoms with Gasteiger partial charge in [0.15, 0.2) is 0 Å². The van der Waals surface area contributed by atoms with E-state index in [1.54, 1.807) is 25.3 Å². The quantitative estimate of drug-likeness (QED) is 0.290. The molecule has 1 rings (SSSR count). The predicted octanol–water partition coefficient (Wildman–Crippen LogP) is 4.93. The molecule has 24 heavy (non-hydrogen) atoms. The standard InChI is InChI=1S/C19H30O5/c1-4-5-6-7-8-9-10-11-14-23-24-19(20)17-13-12-16(21-2)15-18(17)22-3/h12-13,15H,4-11,14H2,1-3H3. The van der Waals surface area contributed by atoms with E-state index in [2.05, 4.69) is 6.92 Å². The monoisotopic (exact) mass is 338 g/mol. The number of methoxy groups -OCH3 is 2. The van der Waals surface area contributed by atoms with E-state index in [9.17, 15) is 4.79 Å². The Morgan fingerprint density at radius 3 is 2.21 bits per heavy atom. The first-order chi connectivity index (χ1) is 11.7. The van der Waals surface area contributed by atoms with E-state index in [1.807, 2.05) is 0 Å². The van der Waals surface area contributed by atoms with Crippen LogP contribution < -0.4 is 9.47 Å². The lowest BCUT2D eigenvalue weighted by Crippen LogP contribution is -2.08. The van der Waals surface area contributed by atoms with E-state index in [0.717, 1.165) is 12.8 Å². The molecule has 0 spiro atoms. The second-order valence-corrected chi connectivity index (χ2v) is 5.73. The van der Waals surface area contributed by atoms with Crippen molar-refractivity contribution in [3.63, 3.8) is 0 Å². The number of carbonyl (C=O) groups is 1. The van der Waals surface area contributed by atoms with Gasteiger partial charge in [0.25, 0.3) is 0 Å². The number of rotatable bonds is 13. The molecular formula is C19H30O5. The summed E-state index contributed by atoms with van der Waals surface area (Å²) in [5.74, 6) is 0.451. The molecule has 0 unspecified atom stereocenters. The van der Waals surface area contributed by atoms with Crippen molar-refractivity contribution in [2.75, 3.05) is 20.8 Å². The average Bonchev–Trinajstić information content (AvgIpc) is 2.62. The van der Waals surface area contributed by atoms with Crippen LogP contribution in [0.4, 0.5) is 0 Å². The molecule has 5 heteroatoms. The normalized spacial score (nSPS) is 10.5. The zero-order chi connectivity index (χ0) is 17.6. The molecular weight excluding hydrogens is 308 g/mol. The van der Waals surface area contributed by atoms with Crippen LogP contribution >= 0.6 is 0 Å². The summed E-state index contributed by atoms with van der Waals surface area (Å²) in [6, 6.07) is 4.91. The zero-order valence-electron chi connectivity index (χ0n) is 15.1. The third-order valence-electron chi connectivity index (χ3n) is 3.84. The van der Waals surface area contributed by atoms with Crippen molar-refractivity contribution < 1.29 is 24.0 Å². The van der Waals surface area contributed by atoms with Gasteiger partial charge in [-0.05, 0) is 18.6 Å². The van der Waals surface area contributed by atoms with Crippen LogP contribution in [0.2, 0.25) is 0 Å². The lowest BCUT2D eigenvalue weighted by Gasteiger charge is -2.09. The van der Waals surface area contributed by atoms with Gasteiger partial charge in [0.2, 0.25) is 0 Å². The molecule has 136 valence electrons. The minimum atomic E-state index is -0.561. The van der Waals surface area contributed by atoms with Gasteiger partial charge in [0.1, 0.15) is 17.1 Å². The lowest BCUT2D eigenvalue weighted by molar-refractivity contribution is -0.241. The van der Waals surface area contributed by atoms with E-state index in [4.69, 9.17) is 19.2 Å². The number of ether oxygens (including phenoxy) is 2. The highest BCUT2D eigenvalue weighted by Crippen LogP contribution is 2.25. The van der Waals surface area contributed by atoms with E-state index in [1.165, 1.54) is 45.6 Å². The molecule has 0 atom stereocenters. The van der Waals surface area contributed by atoms with Gasteiger partial charge in [0.05, 0.1) is 20.8 Å². The minimum Gasteiger partial charge on any atom is -0.497 e. The molecule has 1 aromatic carbocycles. The maximum Gasteiger partial charge on any atom is 0.376 e. The smallest absolute Gasteiger partial charge is 0.376 e. The maximum atomic E-state index is 12.0. The van der Waals surface area contributed by atoms with Crippen LogP contribution in [0.15, 0.2) is 18.2 Å². The van der Waals surface area contributed by atoms with Gasteiger partial charge in [-0.15, -0.1) is 0 Å². The van der Waals surface area contributed by atoms with Crippen LogP contribution in [-0.4, -0.2) is 26.8 Å². The molecule has 0 bridgehead atoms. The van der Waals surface area contributed by atoms with Gasteiger partial charge < -0.3 is 9.47 Å². The highest BCUT2D eigenvalue weighted by atomic mass is 17.2. The van der Waals surface area contributed by atoms with Crippen LogP contribution in [0.25, 0.3) is 0 Å². The minimum absolute atomic E-state index is 0.314. The Hall–Kier alpha value is -1.75. The second kappa shape index (κ2) is 12.6. The third kappa shape index (κ3) is 7.68. The molecule has 0 N–H and O–H groups in total. The van der Waals surface area contributed by atoms with Gasteiger partial charge in [-0.1, -0.05) is 51.9 Å². The molecule has 1 aromatic rings. The van der Waals surface area contributed by atoms with E-state index in [-0.39, 0.29) is 0 Å². The Morgan fingerprint density at radius 2 is 1.58 bits per heavy atom. The number of benzene rings is 1. The summed E-state index contributed by atoms with van der Waals surface area (Å²) in [7, 11) is 3.05. The number of carbonyl (C=O) groups excluding carboxylic acids is 1. The van der Waals surface area contributed by atoms with Gasteiger partial charge in [-0.2, -0.15) is 4.89 Å². The van der Waals surface area contributed by atoms with E-state index < -0.39 is 5.97 Å². The summed E-state index contributed by atoms with van der Waals surface area (Å²) in [6.07, 6.45) is 9.69. The highest BCUT2D eigenvalue weighted by Gasteiger charge is 2.15. The number of hydrogen-bond donors (Lipinski definition) is 0. The molecule has 0 aliphatic rings. The van der Waals surface area contributed by atoms with Crippen LogP contribution in [0.5, 0.6) is 11.5 Å². The molecule has 0 aromatic heterocycles. The lowest BCUT2D eigenvalue weighted by atomic mass is 10.1. The molecule has 5 nitrogen and oxygen atoms in total. The molecule has 0 aliphatic heterocycles. The Kier molecular flexibility index (Phi) is 10.7. The van der Waals surface area contributed by atoms with Crippen LogP contribution in [-0.2, 0) is 9.78 Å². The fourth-order valence-corrected chi connectivity index (χ4v) is 2.40. The van der Waals surface area contributed by atoms with Gasteiger partial charge >= 0.3 is 5.97 Å². The first kappa shape index (κ1) is 20.3. The maximum absolute atomic E-state index is 12.0. The van der Waals surface area contributed by atoms with E-state index >= 15 is 0 Å². The van der Waals surface area contributed by atoms with Crippen molar-refractivity contribution in [3.05, 3.63) is 23.8 Å². The molecule has 0 heterocycles. The SMILES string of the molecule is CCCCCCCCCCOOC(=O)c1ccc(OC)cc1OC. The number of hydrogen-bond acceptors (Lipinski definition) is 5. The van der Waals surface area contributed by atoms with Gasteiger partial charge in [-0.25, -0.2) is 4.79 Å². The fraction of sp³-hybridized carbons (Fsp3) is 0.632. The first-order valence-corrected chi connectivity index (χ1v) is 8.78. The topological polar surface area (TPSA) is 54.0 Å². The van der Waals surface area contributed by atoms with Gasteiger partial charge in [-0.3, -0.25) is 4.89 Å². The van der Waals surface area contributed by atoms with Crippen LogP contribution in [0.1, 0.15) is 68.6 Å². The Balaban J connectivity index is 2.18. The van der Waals surface area contributed by atoms with Crippen molar-refractivity contribution in [1.29, 1.82) is 0 Å². The zero-order valence-corrected chi connectivity index (χ0v) is 15.1. The van der Waals surface area contributed by atoms with Crippen molar-refractivity contribution in [3.8, 4) is 11.5 Å². The Bertz CT molecular complexity index is 473. The summed E-state index contributed by atoms with van der Waals surface area (Å²) in [6.45, 7) is 2.64. The van der Waals surface area contributed by atoms with Crippen molar-refractivity contribution >= 4 is 5.97 Å². The van der Waals surface area contributed by atoms with E-state index in [0.29, 0.717) is 23.7 Å². The molecule has 0 amide bonds. The summed E-state index contributed by atoms with van der Waals surface area (Å²) < 4.78 is 10.3.